The fraction of sp³-hybridized carbons (Fsp3) is 0.400. The minimum atomic E-state index is -0.868. The predicted octanol–water partition coefficient (Wildman–Crippen LogP) is 3.75. The van der Waals surface area contributed by atoms with Crippen molar-refractivity contribution in [1.29, 1.82) is 0 Å². The van der Waals surface area contributed by atoms with E-state index in [1.165, 1.54) is 0 Å². The van der Waals surface area contributed by atoms with Crippen LogP contribution in [0.4, 0.5) is 5.69 Å². The summed E-state index contributed by atoms with van der Waals surface area (Å²) in [4.78, 5) is 25.8. The zero-order valence-electron chi connectivity index (χ0n) is 13.6. The molecule has 1 saturated carbocycles. The van der Waals surface area contributed by atoms with Gasteiger partial charge in [0.25, 0.3) is 0 Å². The number of benzene rings is 2. The van der Waals surface area contributed by atoms with Gasteiger partial charge < -0.3 is 5.32 Å². The van der Waals surface area contributed by atoms with Gasteiger partial charge in [-0.1, -0.05) is 44.2 Å². The van der Waals surface area contributed by atoms with Crippen LogP contribution in [0.5, 0.6) is 0 Å². The fourth-order valence-electron chi connectivity index (χ4n) is 4.12. The van der Waals surface area contributed by atoms with Gasteiger partial charge in [-0.15, -0.1) is 0 Å². The van der Waals surface area contributed by atoms with Crippen molar-refractivity contribution < 1.29 is 9.59 Å². The van der Waals surface area contributed by atoms with Gasteiger partial charge in [-0.05, 0) is 34.2 Å². The Morgan fingerprint density at radius 1 is 0.913 bits per heavy atom. The molecule has 3 nitrogen and oxygen atoms in total. The third-order valence-electron chi connectivity index (χ3n) is 5.45. The highest BCUT2D eigenvalue weighted by molar-refractivity contribution is 6.11. The van der Waals surface area contributed by atoms with Gasteiger partial charge in [0.15, 0.2) is 0 Å². The number of Topliss-reactive ketones (excluding diaryl/α,β-unsaturated/α-hetero) is 2. The summed E-state index contributed by atoms with van der Waals surface area (Å²) in [5.41, 5.74) is 1.08. The van der Waals surface area contributed by atoms with Gasteiger partial charge in [-0.2, -0.15) is 0 Å². The summed E-state index contributed by atoms with van der Waals surface area (Å²) in [5.74, 6) is 0.203. The Hall–Kier alpha value is -2.16. The average molecular weight is 307 g/mol. The van der Waals surface area contributed by atoms with E-state index in [2.05, 4.69) is 29.6 Å². The fourth-order valence-corrected chi connectivity index (χ4v) is 4.12. The molecule has 0 unspecified atom stereocenters. The molecule has 2 aliphatic rings. The SMILES string of the molecule is CC1(C)CC(=O)C2(CNc3ccc4ccccc4c3C2)C(=O)C1. The molecule has 1 aliphatic heterocycles. The Balaban J connectivity index is 1.83. The summed E-state index contributed by atoms with van der Waals surface area (Å²) in [6.45, 7) is 4.45. The van der Waals surface area contributed by atoms with Gasteiger partial charge in [-0.3, -0.25) is 9.59 Å². The maximum absolute atomic E-state index is 12.9. The normalized spacial score (nSPS) is 22.0. The lowest BCUT2D eigenvalue weighted by Gasteiger charge is -2.43. The molecule has 4 rings (SSSR count). The zero-order chi connectivity index (χ0) is 16.2. The van der Waals surface area contributed by atoms with Crippen molar-refractivity contribution in [3.05, 3.63) is 42.0 Å². The van der Waals surface area contributed by atoms with Crippen LogP contribution in [0.2, 0.25) is 0 Å². The van der Waals surface area contributed by atoms with Crippen molar-refractivity contribution in [2.24, 2.45) is 10.8 Å². The van der Waals surface area contributed by atoms with Gasteiger partial charge in [-0.25, -0.2) is 0 Å². The highest BCUT2D eigenvalue weighted by Crippen LogP contribution is 2.46. The second-order valence-electron chi connectivity index (χ2n) is 7.79. The second-order valence-corrected chi connectivity index (χ2v) is 7.79. The number of rotatable bonds is 0. The Morgan fingerprint density at radius 2 is 1.61 bits per heavy atom. The van der Waals surface area contributed by atoms with Crippen LogP contribution < -0.4 is 5.32 Å². The maximum Gasteiger partial charge on any atom is 0.149 e. The number of nitrogens with one attached hydrogen (secondary N) is 1. The summed E-state index contributed by atoms with van der Waals surface area (Å²) in [5, 5.41) is 5.66. The summed E-state index contributed by atoms with van der Waals surface area (Å²) in [6, 6.07) is 12.3. The molecular weight excluding hydrogens is 286 g/mol. The topological polar surface area (TPSA) is 46.2 Å². The highest BCUT2D eigenvalue weighted by Gasteiger charge is 2.53. The van der Waals surface area contributed by atoms with Crippen LogP contribution in [-0.2, 0) is 16.0 Å². The lowest BCUT2D eigenvalue weighted by molar-refractivity contribution is -0.147. The molecule has 0 bridgehead atoms. The number of hydrogen-bond donors (Lipinski definition) is 1. The first-order valence-electron chi connectivity index (χ1n) is 8.22. The molecule has 0 atom stereocenters. The maximum atomic E-state index is 12.9. The van der Waals surface area contributed by atoms with E-state index in [9.17, 15) is 9.59 Å². The molecule has 1 aliphatic carbocycles. The summed E-state index contributed by atoms with van der Waals surface area (Å²) in [7, 11) is 0. The standard InChI is InChI=1S/C20H21NO2/c1-19(2)10-17(22)20(18(23)11-19)9-15-14-6-4-3-5-13(14)7-8-16(15)21-12-20/h3-8,21H,9-12H2,1-2H3. The Kier molecular flexibility index (Phi) is 2.93. The molecule has 1 heterocycles. The first kappa shape index (κ1) is 14.4. The number of hydrogen-bond acceptors (Lipinski definition) is 3. The molecule has 1 N–H and O–H groups in total. The van der Waals surface area contributed by atoms with E-state index in [1.807, 2.05) is 26.0 Å². The minimum absolute atomic E-state index is 0.102. The van der Waals surface area contributed by atoms with Crippen molar-refractivity contribution in [1.82, 2.24) is 0 Å². The quantitative estimate of drug-likeness (QED) is 0.754. The first-order valence-corrected chi connectivity index (χ1v) is 8.22. The highest BCUT2D eigenvalue weighted by atomic mass is 16.2. The summed E-state index contributed by atoms with van der Waals surface area (Å²) >= 11 is 0. The van der Waals surface area contributed by atoms with E-state index in [0.29, 0.717) is 25.8 Å². The van der Waals surface area contributed by atoms with Crippen LogP contribution in [0.1, 0.15) is 32.3 Å². The molecule has 23 heavy (non-hydrogen) atoms. The van der Waals surface area contributed by atoms with Crippen LogP contribution in [0.15, 0.2) is 36.4 Å². The van der Waals surface area contributed by atoms with Crippen LogP contribution in [0, 0.1) is 10.8 Å². The summed E-state index contributed by atoms with van der Waals surface area (Å²) in [6.07, 6.45) is 1.51. The summed E-state index contributed by atoms with van der Waals surface area (Å²) < 4.78 is 0. The molecule has 0 aromatic heterocycles. The molecule has 0 radical (unpaired) electrons. The number of anilines is 1. The van der Waals surface area contributed by atoms with Crippen molar-refractivity contribution in [3.63, 3.8) is 0 Å². The molecule has 2 aromatic carbocycles. The van der Waals surface area contributed by atoms with E-state index >= 15 is 0 Å². The molecule has 1 spiro atoms. The smallest absolute Gasteiger partial charge is 0.149 e. The van der Waals surface area contributed by atoms with Crippen LogP contribution in [0.3, 0.4) is 0 Å². The van der Waals surface area contributed by atoms with E-state index in [4.69, 9.17) is 0 Å². The van der Waals surface area contributed by atoms with Gasteiger partial charge in [0.2, 0.25) is 0 Å². The predicted molar refractivity (Wildman–Crippen MR) is 91.6 cm³/mol. The van der Waals surface area contributed by atoms with Crippen molar-refractivity contribution in [3.8, 4) is 0 Å². The number of fused-ring (bicyclic) bond motifs is 3. The molecule has 0 saturated heterocycles. The van der Waals surface area contributed by atoms with E-state index in [-0.39, 0.29) is 17.0 Å². The van der Waals surface area contributed by atoms with Crippen molar-refractivity contribution in [2.45, 2.75) is 33.1 Å². The van der Waals surface area contributed by atoms with Crippen molar-refractivity contribution >= 4 is 28.0 Å². The Bertz CT molecular complexity index is 815. The van der Waals surface area contributed by atoms with Crippen LogP contribution >= 0.6 is 0 Å². The minimum Gasteiger partial charge on any atom is -0.383 e. The Morgan fingerprint density at radius 3 is 2.35 bits per heavy atom. The zero-order valence-corrected chi connectivity index (χ0v) is 13.6. The first-order chi connectivity index (χ1) is 10.9. The molecule has 1 fully saturated rings. The average Bonchev–Trinajstić information content (AvgIpc) is 2.52. The molecule has 2 aromatic rings. The number of ketones is 2. The number of carbonyl (C=O) groups excluding carboxylic acids is 2. The van der Waals surface area contributed by atoms with Gasteiger partial charge in [0, 0.05) is 25.1 Å². The lowest BCUT2D eigenvalue weighted by atomic mass is 9.60. The third-order valence-corrected chi connectivity index (χ3v) is 5.45. The second kappa shape index (κ2) is 4.67. The van der Waals surface area contributed by atoms with Gasteiger partial charge in [0.05, 0.1) is 0 Å². The molecule has 118 valence electrons. The number of carbonyl (C=O) groups is 2. The molecule has 3 heteroatoms. The van der Waals surface area contributed by atoms with E-state index < -0.39 is 5.41 Å². The van der Waals surface area contributed by atoms with Crippen LogP contribution in [-0.4, -0.2) is 18.1 Å². The largest absolute Gasteiger partial charge is 0.383 e. The Labute approximate surface area is 136 Å². The van der Waals surface area contributed by atoms with Gasteiger partial charge in [0.1, 0.15) is 17.0 Å². The van der Waals surface area contributed by atoms with E-state index in [1.54, 1.807) is 0 Å². The molecule has 0 amide bonds. The van der Waals surface area contributed by atoms with Crippen LogP contribution in [0.25, 0.3) is 10.8 Å². The lowest BCUT2D eigenvalue weighted by Crippen LogP contribution is -2.54. The third kappa shape index (κ3) is 2.10. The monoisotopic (exact) mass is 307 g/mol. The molecular formula is C20H21NO2. The van der Waals surface area contributed by atoms with Gasteiger partial charge >= 0.3 is 0 Å². The van der Waals surface area contributed by atoms with Crippen molar-refractivity contribution in [2.75, 3.05) is 11.9 Å². The van der Waals surface area contributed by atoms with E-state index in [0.717, 1.165) is 22.0 Å².